The molecule has 0 saturated carbocycles. The van der Waals surface area contributed by atoms with Crippen molar-refractivity contribution in [1.82, 2.24) is 0 Å². The Morgan fingerprint density at radius 2 is 1.85 bits per heavy atom. The van der Waals surface area contributed by atoms with Crippen LogP contribution >= 0.6 is 0 Å². The van der Waals surface area contributed by atoms with Crippen molar-refractivity contribution in [2.45, 2.75) is 26.0 Å². The zero-order chi connectivity index (χ0) is 19.7. The van der Waals surface area contributed by atoms with Crippen LogP contribution in [0.1, 0.15) is 33.2 Å². The average Bonchev–Trinajstić information content (AvgIpc) is 2.95. The highest BCUT2D eigenvalue weighted by atomic mass is 16.6. The van der Waals surface area contributed by atoms with E-state index in [1.54, 1.807) is 31.2 Å². The van der Waals surface area contributed by atoms with Gasteiger partial charge < -0.3 is 10.1 Å². The number of anilines is 1. The third-order valence-electron chi connectivity index (χ3n) is 4.58. The van der Waals surface area contributed by atoms with Crippen LogP contribution in [0.5, 0.6) is 0 Å². The van der Waals surface area contributed by atoms with Gasteiger partial charge in [0, 0.05) is 16.2 Å². The van der Waals surface area contributed by atoms with E-state index in [1.807, 2.05) is 13.0 Å². The number of hydrogen-bond acceptors (Lipinski definition) is 6. The van der Waals surface area contributed by atoms with Gasteiger partial charge in [0.15, 0.2) is 0 Å². The molecule has 8 heteroatoms. The van der Waals surface area contributed by atoms with E-state index in [9.17, 15) is 24.5 Å². The van der Waals surface area contributed by atoms with Gasteiger partial charge in [-0.05, 0) is 37.1 Å². The summed E-state index contributed by atoms with van der Waals surface area (Å²) < 4.78 is 5.04. The molecule has 2 atom stereocenters. The van der Waals surface area contributed by atoms with E-state index in [-0.39, 0.29) is 11.1 Å². The van der Waals surface area contributed by atoms with Gasteiger partial charge in [-0.15, -0.1) is 0 Å². The topological polar surface area (TPSA) is 116 Å². The molecule has 8 nitrogen and oxygen atoms in total. The van der Waals surface area contributed by atoms with E-state index in [1.165, 1.54) is 12.1 Å². The van der Waals surface area contributed by atoms with Gasteiger partial charge in [0.25, 0.3) is 11.7 Å². The number of esters is 1. The Labute approximate surface area is 154 Å². The monoisotopic (exact) mass is 368 g/mol. The molecule has 1 aliphatic rings. The predicted molar refractivity (Wildman–Crippen MR) is 94.9 cm³/mol. The molecular weight excluding hydrogens is 352 g/mol. The quantitative estimate of drug-likeness (QED) is 0.375. The number of carbonyl (C=O) groups excluding carboxylic acids is 3. The van der Waals surface area contributed by atoms with Gasteiger partial charge in [-0.2, -0.15) is 0 Å². The number of hydrogen-bond donors (Lipinski definition) is 1. The number of aryl methyl sites for hydroxylation is 1. The minimum atomic E-state index is -2.03. The fourth-order valence-electron chi connectivity index (χ4n) is 2.96. The molecule has 2 aromatic carbocycles. The second-order valence-corrected chi connectivity index (χ2v) is 6.21. The molecule has 0 aromatic heterocycles. The molecule has 0 unspecified atom stereocenters. The molecule has 1 aliphatic heterocycles. The van der Waals surface area contributed by atoms with Gasteiger partial charge in [-0.25, -0.2) is 4.79 Å². The lowest BCUT2D eigenvalue weighted by atomic mass is 9.97. The highest BCUT2D eigenvalue weighted by Gasteiger charge is 2.49. The molecular formula is C19H16N2O6. The highest BCUT2D eigenvalue weighted by Crippen LogP contribution is 2.34. The Bertz CT molecular complexity index is 968. The minimum Gasteiger partial charge on any atom is -0.446 e. The van der Waals surface area contributed by atoms with E-state index in [4.69, 9.17) is 4.74 Å². The summed E-state index contributed by atoms with van der Waals surface area (Å²) in [6.45, 7) is 3.59. The first-order valence-electron chi connectivity index (χ1n) is 8.16. The van der Waals surface area contributed by atoms with Crippen LogP contribution < -0.4 is 5.32 Å². The number of ketones is 1. The van der Waals surface area contributed by atoms with E-state index >= 15 is 0 Å². The number of cyclic esters (lactones) is 1. The van der Waals surface area contributed by atoms with Crippen LogP contribution in [-0.4, -0.2) is 28.6 Å². The normalized spacial score (nSPS) is 16.2. The molecule has 0 radical (unpaired) electrons. The standard InChI is InChI=1S/C19H16N2O6/c1-10-6-5-9-14(11(10)2)20-18(23)16(22)15(21(25)26)17-12-7-3-4-8-13(12)19(24)27-17/h3-9,15,17H,1-2H3,(H,20,23)/t15-,17+/m1/s1. The second kappa shape index (κ2) is 6.99. The molecule has 0 aliphatic carbocycles. The smallest absolute Gasteiger partial charge is 0.339 e. The summed E-state index contributed by atoms with van der Waals surface area (Å²) in [5.41, 5.74) is 2.40. The first-order chi connectivity index (χ1) is 12.8. The van der Waals surface area contributed by atoms with Crippen molar-refractivity contribution in [2.24, 2.45) is 0 Å². The minimum absolute atomic E-state index is 0.150. The number of nitrogens with zero attached hydrogens (tertiary/aromatic N) is 1. The summed E-state index contributed by atoms with van der Waals surface area (Å²) in [7, 11) is 0. The number of nitrogens with one attached hydrogen (secondary N) is 1. The van der Waals surface area contributed by atoms with Crippen molar-refractivity contribution in [1.29, 1.82) is 0 Å². The highest BCUT2D eigenvalue weighted by molar-refractivity contribution is 6.42. The summed E-state index contributed by atoms with van der Waals surface area (Å²) in [5.74, 6) is -3.17. The van der Waals surface area contributed by atoms with Crippen LogP contribution in [0.4, 0.5) is 5.69 Å². The number of rotatable bonds is 5. The van der Waals surface area contributed by atoms with Gasteiger partial charge in [-0.1, -0.05) is 30.3 Å². The van der Waals surface area contributed by atoms with Crippen molar-refractivity contribution in [3.63, 3.8) is 0 Å². The Hall–Kier alpha value is -3.55. The van der Waals surface area contributed by atoms with Crippen molar-refractivity contribution in [3.05, 3.63) is 74.8 Å². The Balaban J connectivity index is 1.89. The molecule has 2 aromatic rings. The molecule has 1 N–H and O–H groups in total. The molecule has 0 saturated heterocycles. The third kappa shape index (κ3) is 3.29. The van der Waals surface area contributed by atoms with E-state index in [0.29, 0.717) is 5.69 Å². The Morgan fingerprint density at radius 3 is 2.56 bits per heavy atom. The number of nitro groups is 1. The third-order valence-corrected chi connectivity index (χ3v) is 4.58. The maximum absolute atomic E-state index is 12.5. The summed E-state index contributed by atoms with van der Waals surface area (Å²) >= 11 is 0. The number of carbonyl (C=O) groups is 3. The Kier molecular flexibility index (Phi) is 4.72. The lowest BCUT2D eigenvalue weighted by molar-refractivity contribution is -0.518. The first kappa shape index (κ1) is 18.2. The molecule has 0 fully saturated rings. The van der Waals surface area contributed by atoms with E-state index in [2.05, 4.69) is 5.32 Å². The van der Waals surface area contributed by atoms with Gasteiger partial charge in [-0.3, -0.25) is 19.7 Å². The zero-order valence-corrected chi connectivity index (χ0v) is 14.6. The van der Waals surface area contributed by atoms with Gasteiger partial charge in [0.2, 0.25) is 6.10 Å². The molecule has 0 spiro atoms. The number of fused-ring (bicyclic) bond motifs is 1. The number of amides is 1. The fourth-order valence-corrected chi connectivity index (χ4v) is 2.96. The maximum atomic E-state index is 12.5. The van der Waals surface area contributed by atoms with Crippen LogP contribution in [0.15, 0.2) is 42.5 Å². The summed E-state index contributed by atoms with van der Waals surface area (Å²) in [6.07, 6.45) is -1.44. The summed E-state index contributed by atoms with van der Waals surface area (Å²) in [6, 6.07) is 9.18. The van der Waals surface area contributed by atoms with Crippen LogP contribution in [0, 0.1) is 24.0 Å². The van der Waals surface area contributed by atoms with Crippen molar-refractivity contribution < 1.29 is 24.0 Å². The number of ether oxygens (including phenoxy) is 1. The summed E-state index contributed by atoms with van der Waals surface area (Å²) in [5, 5.41) is 13.9. The molecule has 138 valence electrons. The van der Waals surface area contributed by atoms with E-state index < -0.39 is 34.7 Å². The molecule has 1 heterocycles. The van der Waals surface area contributed by atoms with Gasteiger partial charge in [0.05, 0.1) is 5.56 Å². The van der Waals surface area contributed by atoms with Gasteiger partial charge in [0.1, 0.15) is 0 Å². The van der Waals surface area contributed by atoms with Crippen molar-refractivity contribution in [2.75, 3.05) is 5.32 Å². The van der Waals surface area contributed by atoms with E-state index in [0.717, 1.165) is 11.1 Å². The molecule has 0 bridgehead atoms. The van der Waals surface area contributed by atoms with Crippen molar-refractivity contribution in [3.8, 4) is 0 Å². The zero-order valence-electron chi connectivity index (χ0n) is 14.6. The lowest BCUT2D eigenvalue weighted by Crippen LogP contribution is -2.42. The van der Waals surface area contributed by atoms with Crippen LogP contribution in [-0.2, 0) is 14.3 Å². The second-order valence-electron chi connectivity index (χ2n) is 6.21. The fraction of sp³-hybridized carbons (Fsp3) is 0.211. The first-order valence-corrected chi connectivity index (χ1v) is 8.16. The molecule has 1 amide bonds. The van der Waals surface area contributed by atoms with Crippen LogP contribution in [0.3, 0.4) is 0 Å². The number of benzene rings is 2. The van der Waals surface area contributed by atoms with Crippen LogP contribution in [0.25, 0.3) is 0 Å². The van der Waals surface area contributed by atoms with Crippen LogP contribution in [0.2, 0.25) is 0 Å². The predicted octanol–water partition coefficient (Wildman–Crippen LogP) is 2.37. The number of Topliss-reactive ketones (excluding diaryl/α,β-unsaturated/α-hetero) is 1. The lowest BCUT2D eigenvalue weighted by Gasteiger charge is -2.16. The average molecular weight is 368 g/mol. The maximum Gasteiger partial charge on any atom is 0.339 e. The molecule has 3 rings (SSSR count). The largest absolute Gasteiger partial charge is 0.446 e. The SMILES string of the molecule is Cc1cccc(NC(=O)C(=O)[C@H]([C@H]2OC(=O)c3ccccc32)[N+](=O)[O-])c1C. The summed E-state index contributed by atoms with van der Waals surface area (Å²) in [4.78, 5) is 47.5. The van der Waals surface area contributed by atoms with Gasteiger partial charge >= 0.3 is 12.0 Å². The molecule has 27 heavy (non-hydrogen) atoms. The van der Waals surface area contributed by atoms with Crippen molar-refractivity contribution >= 4 is 23.3 Å². The Morgan fingerprint density at radius 1 is 1.15 bits per heavy atom.